The van der Waals surface area contributed by atoms with E-state index < -0.39 is 5.38 Å². The maximum atomic E-state index is 12.5. The fourth-order valence-corrected chi connectivity index (χ4v) is 3.42. The lowest BCUT2D eigenvalue weighted by Gasteiger charge is -2.12. The molecule has 7 heteroatoms. The molecule has 4 rings (SSSR count). The maximum absolute atomic E-state index is 12.5. The van der Waals surface area contributed by atoms with E-state index in [4.69, 9.17) is 16.3 Å². The zero-order chi connectivity index (χ0) is 21.8. The number of aromatic nitrogens is 3. The third-order valence-corrected chi connectivity index (χ3v) is 5.31. The van der Waals surface area contributed by atoms with Crippen LogP contribution >= 0.6 is 11.6 Å². The molecule has 0 saturated heterocycles. The number of hydrogen-bond acceptors (Lipinski definition) is 4. The van der Waals surface area contributed by atoms with E-state index in [9.17, 15) is 4.79 Å². The van der Waals surface area contributed by atoms with E-state index in [0.29, 0.717) is 11.5 Å². The molecule has 31 heavy (non-hydrogen) atoms. The summed E-state index contributed by atoms with van der Waals surface area (Å²) in [7, 11) is 1.54. The van der Waals surface area contributed by atoms with Crippen LogP contribution in [0, 0.1) is 6.92 Å². The number of amides is 1. The summed E-state index contributed by atoms with van der Waals surface area (Å²) in [6.07, 6.45) is 0. The summed E-state index contributed by atoms with van der Waals surface area (Å²) in [4.78, 5) is 17.0. The number of carbonyl (C=O) groups is 1. The van der Waals surface area contributed by atoms with Crippen molar-refractivity contribution in [3.8, 4) is 23.1 Å². The number of alkyl halides is 1. The van der Waals surface area contributed by atoms with Crippen molar-refractivity contribution < 1.29 is 9.53 Å². The summed E-state index contributed by atoms with van der Waals surface area (Å²) in [6, 6.07) is 24.8. The topological polar surface area (TPSA) is 69.0 Å². The van der Waals surface area contributed by atoms with Crippen LogP contribution < -0.4 is 10.1 Å². The first-order valence-electron chi connectivity index (χ1n) is 9.74. The smallest absolute Gasteiger partial charge is 0.336 e. The highest BCUT2D eigenvalue weighted by Gasteiger charge is 2.18. The van der Waals surface area contributed by atoms with Crippen molar-refractivity contribution in [2.75, 3.05) is 12.4 Å². The van der Waals surface area contributed by atoms with Gasteiger partial charge in [-0.2, -0.15) is 4.98 Å². The Morgan fingerprint density at radius 3 is 2.35 bits per heavy atom. The Labute approximate surface area is 185 Å². The third kappa shape index (κ3) is 4.44. The van der Waals surface area contributed by atoms with Crippen molar-refractivity contribution in [1.29, 1.82) is 0 Å². The quantitative estimate of drug-likeness (QED) is 0.427. The Balaban J connectivity index is 1.58. The second-order valence-electron chi connectivity index (χ2n) is 6.96. The number of halogens is 1. The minimum Gasteiger partial charge on any atom is -0.466 e. The fraction of sp³-hybridized carbons (Fsp3) is 0.125. The maximum Gasteiger partial charge on any atom is 0.336 e. The van der Waals surface area contributed by atoms with Gasteiger partial charge in [-0.25, -0.2) is 4.68 Å². The predicted molar refractivity (Wildman–Crippen MR) is 122 cm³/mol. The molecule has 0 aliphatic rings. The predicted octanol–water partition coefficient (Wildman–Crippen LogP) is 5.17. The van der Waals surface area contributed by atoms with E-state index in [0.717, 1.165) is 22.4 Å². The summed E-state index contributed by atoms with van der Waals surface area (Å²) in [6.45, 7) is 2.02. The van der Waals surface area contributed by atoms with Gasteiger partial charge in [-0.1, -0.05) is 54.6 Å². The zero-order valence-electron chi connectivity index (χ0n) is 17.1. The lowest BCUT2D eigenvalue weighted by Crippen LogP contribution is -2.17. The fourth-order valence-electron chi connectivity index (χ4n) is 3.22. The highest BCUT2D eigenvalue weighted by Crippen LogP contribution is 2.27. The van der Waals surface area contributed by atoms with Crippen molar-refractivity contribution in [3.05, 3.63) is 90.0 Å². The number of anilines is 1. The number of carbonyl (C=O) groups excluding carboxylic acids is 1. The van der Waals surface area contributed by atoms with Crippen molar-refractivity contribution in [3.63, 3.8) is 0 Å². The highest BCUT2D eigenvalue weighted by atomic mass is 35.5. The number of benzene rings is 3. The molecule has 1 N–H and O–H groups in total. The van der Waals surface area contributed by atoms with Gasteiger partial charge >= 0.3 is 6.01 Å². The minimum absolute atomic E-state index is 0.281. The first-order valence-corrected chi connectivity index (χ1v) is 10.2. The Hall–Kier alpha value is -3.64. The number of hydrogen-bond donors (Lipinski definition) is 1. The molecule has 0 aliphatic heterocycles. The second-order valence-corrected chi connectivity index (χ2v) is 7.39. The number of aryl methyl sites for hydroxylation is 1. The number of rotatable bonds is 6. The van der Waals surface area contributed by atoms with Crippen LogP contribution in [0.5, 0.6) is 6.01 Å². The van der Waals surface area contributed by atoms with Crippen LogP contribution in [0.4, 0.5) is 5.69 Å². The van der Waals surface area contributed by atoms with Crippen LogP contribution in [0.1, 0.15) is 16.5 Å². The largest absolute Gasteiger partial charge is 0.466 e. The van der Waals surface area contributed by atoms with Gasteiger partial charge < -0.3 is 10.1 Å². The molecule has 1 aromatic heterocycles. The molecule has 156 valence electrons. The molecule has 0 saturated carbocycles. The van der Waals surface area contributed by atoms with Crippen LogP contribution in [0.3, 0.4) is 0 Å². The van der Waals surface area contributed by atoms with E-state index in [1.807, 2.05) is 73.7 Å². The summed E-state index contributed by atoms with van der Waals surface area (Å²) in [5.41, 5.74) is 4.22. The number of nitrogens with zero attached hydrogens (tertiary/aromatic N) is 3. The van der Waals surface area contributed by atoms with Crippen molar-refractivity contribution in [2.45, 2.75) is 12.3 Å². The average molecular weight is 433 g/mol. The Bertz CT molecular complexity index is 1190. The van der Waals surface area contributed by atoms with E-state index in [2.05, 4.69) is 15.4 Å². The first-order chi connectivity index (χ1) is 15.1. The van der Waals surface area contributed by atoms with E-state index >= 15 is 0 Å². The van der Waals surface area contributed by atoms with Gasteiger partial charge in [-0.15, -0.1) is 16.7 Å². The molecule has 0 bridgehead atoms. The molecule has 6 nitrogen and oxygen atoms in total. The first kappa shape index (κ1) is 20.6. The molecule has 1 unspecified atom stereocenters. The number of methoxy groups -OCH3 is 1. The molecule has 0 spiro atoms. The third-order valence-electron chi connectivity index (χ3n) is 4.86. The summed E-state index contributed by atoms with van der Waals surface area (Å²) in [5.74, 6) is 0.389. The van der Waals surface area contributed by atoms with Crippen LogP contribution in [0.25, 0.3) is 17.1 Å². The number of nitrogens with one attached hydrogen (secondary N) is 1. The van der Waals surface area contributed by atoms with Crippen molar-refractivity contribution in [2.24, 2.45) is 0 Å². The SMILES string of the molecule is COc1nc(-c2ccccc2C)n(-c2ccc(NC(=O)C(Cl)c3ccccc3)cc2)n1. The molecule has 3 aromatic carbocycles. The van der Waals surface area contributed by atoms with E-state index in [1.165, 1.54) is 7.11 Å². The standard InChI is InChI=1S/C24H21ClN4O2/c1-16-8-6-7-11-20(16)22-27-24(31-2)28-29(22)19-14-12-18(13-15-19)26-23(30)21(25)17-9-4-3-5-10-17/h3-15,21H,1-2H3,(H,26,30). The Morgan fingerprint density at radius 2 is 1.68 bits per heavy atom. The van der Waals surface area contributed by atoms with Crippen molar-refractivity contribution in [1.82, 2.24) is 14.8 Å². The van der Waals surface area contributed by atoms with Crippen LogP contribution in [0.2, 0.25) is 0 Å². The number of ether oxygens (including phenoxy) is 1. The van der Waals surface area contributed by atoms with Crippen molar-refractivity contribution >= 4 is 23.2 Å². The molecule has 4 aromatic rings. The Kier molecular flexibility index (Phi) is 6.00. The van der Waals surface area contributed by atoms with Gasteiger partial charge in [0, 0.05) is 11.3 Å². The average Bonchev–Trinajstić information content (AvgIpc) is 3.24. The van der Waals surface area contributed by atoms with Gasteiger partial charge in [0.1, 0.15) is 5.38 Å². The van der Waals surface area contributed by atoms with Gasteiger partial charge in [0.15, 0.2) is 5.82 Å². The summed E-state index contributed by atoms with van der Waals surface area (Å²) < 4.78 is 6.97. The molecule has 1 atom stereocenters. The summed E-state index contributed by atoms with van der Waals surface area (Å²) >= 11 is 6.31. The highest BCUT2D eigenvalue weighted by molar-refractivity contribution is 6.32. The van der Waals surface area contributed by atoms with Crippen LogP contribution in [-0.4, -0.2) is 27.8 Å². The molecule has 1 heterocycles. The van der Waals surface area contributed by atoms with Gasteiger partial charge in [0.05, 0.1) is 12.8 Å². The van der Waals surface area contributed by atoms with Crippen LogP contribution in [-0.2, 0) is 4.79 Å². The minimum atomic E-state index is -0.770. The lowest BCUT2D eigenvalue weighted by molar-refractivity contribution is -0.116. The summed E-state index contributed by atoms with van der Waals surface area (Å²) in [5, 5.41) is 6.53. The second kappa shape index (κ2) is 9.02. The van der Waals surface area contributed by atoms with Gasteiger partial charge in [0.25, 0.3) is 0 Å². The molecule has 1 amide bonds. The molecular formula is C24H21ClN4O2. The van der Waals surface area contributed by atoms with Crippen LogP contribution in [0.15, 0.2) is 78.9 Å². The van der Waals surface area contributed by atoms with Gasteiger partial charge in [-0.3, -0.25) is 4.79 Å². The monoisotopic (exact) mass is 432 g/mol. The van der Waals surface area contributed by atoms with E-state index in [1.54, 1.807) is 16.8 Å². The Morgan fingerprint density at radius 1 is 1.00 bits per heavy atom. The van der Waals surface area contributed by atoms with Gasteiger partial charge in [-0.05, 0) is 42.3 Å². The zero-order valence-corrected chi connectivity index (χ0v) is 17.9. The molecule has 0 fully saturated rings. The van der Waals surface area contributed by atoms with E-state index in [-0.39, 0.29) is 11.9 Å². The molecule has 0 radical (unpaired) electrons. The lowest BCUT2D eigenvalue weighted by atomic mass is 10.1. The normalized spacial score (nSPS) is 11.7. The molecule has 0 aliphatic carbocycles. The van der Waals surface area contributed by atoms with Gasteiger partial charge in [0.2, 0.25) is 5.91 Å². The molecular weight excluding hydrogens is 412 g/mol.